The van der Waals surface area contributed by atoms with Crippen LogP contribution in [0.3, 0.4) is 0 Å². The number of rotatable bonds is 5. The first-order valence-corrected chi connectivity index (χ1v) is 12.3. The smallest absolute Gasteiger partial charge is 0.192 e. The molecule has 1 aliphatic rings. The molecule has 0 aromatic carbocycles. The van der Waals surface area contributed by atoms with Crippen molar-refractivity contribution in [1.82, 2.24) is 0 Å². The van der Waals surface area contributed by atoms with Crippen molar-refractivity contribution in [3.63, 3.8) is 0 Å². The van der Waals surface area contributed by atoms with E-state index >= 15 is 0 Å². The Morgan fingerprint density at radius 1 is 1.30 bits per heavy atom. The minimum Gasteiger partial charge on any atom is -0.416 e. The third-order valence-corrected chi connectivity index (χ3v) is 12.4. The maximum absolute atomic E-state index is 6.55. The summed E-state index contributed by atoms with van der Waals surface area (Å²) in [4.78, 5) is 0. The lowest BCUT2D eigenvalue weighted by molar-refractivity contribution is 0.0403. The molecular formula is C16H32BrClOSi. The molecule has 1 nitrogen and oxygen atoms in total. The van der Waals surface area contributed by atoms with Crippen LogP contribution in [0.5, 0.6) is 0 Å². The van der Waals surface area contributed by atoms with E-state index in [0.717, 1.165) is 17.8 Å². The molecule has 0 radical (unpaired) electrons. The molecule has 0 bridgehead atoms. The largest absolute Gasteiger partial charge is 0.416 e. The first kappa shape index (κ1) is 19.0. The van der Waals surface area contributed by atoms with Gasteiger partial charge in [0.2, 0.25) is 0 Å². The van der Waals surface area contributed by atoms with Gasteiger partial charge in [-0.2, -0.15) is 0 Å². The van der Waals surface area contributed by atoms with Crippen LogP contribution in [-0.2, 0) is 4.43 Å². The van der Waals surface area contributed by atoms with Gasteiger partial charge in [0.05, 0.1) is 0 Å². The molecule has 3 atom stereocenters. The van der Waals surface area contributed by atoms with Crippen molar-refractivity contribution in [3.8, 4) is 0 Å². The number of halogens is 2. The minimum absolute atomic E-state index is 0.228. The van der Waals surface area contributed by atoms with Gasteiger partial charge in [0.25, 0.3) is 0 Å². The van der Waals surface area contributed by atoms with Crippen LogP contribution in [-0.4, -0.2) is 26.1 Å². The molecule has 0 aromatic rings. The molecule has 1 rings (SSSR count). The van der Waals surface area contributed by atoms with E-state index in [9.17, 15) is 0 Å². The molecule has 1 aliphatic carbocycles. The van der Waals surface area contributed by atoms with E-state index in [2.05, 4.69) is 63.6 Å². The molecule has 0 N–H and O–H groups in total. The summed E-state index contributed by atoms with van der Waals surface area (Å²) in [5.41, 5.74) is 0.461. The van der Waals surface area contributed by atoms with Gasteiger partial charge in [0.1, 0.15) is 0 Å². The SMILES string of the molecule is CC1(CO[Si](C)(C)C(C)(C)C)CCC(CCl)C1(C)CBr. The molecular weight excluding hydrogens is 352 g/mol. The number of hydrogen-bond donors (Lipinski definition) is 0. The molecule has 0 heterocycles. The topological polar surface area (TPSA) is 9.23 Å². The van der Waals surface area contributed by atoms with Crippen LogP contribution in [0.4, 0.5) is 0 Å². The number of alkyl halides is 2. The highest BCUT2D eigenvalue weighted by molar-refractivity contribution is 9.09. The average Bonchev–Trinajstić information content (AvgIpc) is 2.59. The van der Waals surface area contributed by atoms with Crippen molar-refractivity contribution in [2.24, 2.45) is 16.7 Å². The maximum Gasteiger partial charge on any atom is 0.192 e. The van der Waals surface area contributed by atoms with E-state index in [1.807, 2.05) is 0 Å². The zero-order chi connectivity index (χ0) is 15.8. The van der Waals surface area contributed by atoms with Crippen molar-refractivity contribution < 1.29 is 4.43 Å². The van der Waals surface area contributed by atoms with E-state index in [0.29, 0.717) is 5.92 Å². The summed E-state index contributed by atoms with van der Waals surface area (Å²) in [7, 11) is -1.68. The lowest BCUT2D eigenvalue weighted by atomic mass is 9.66. The molecule has 0 amide bonds. The maximum atomic E-state index is 6.55. The fraction of sp³-hybridized carbons (Fsp3) is 1.00. The van der Waals surface area contributed by atoms with Crippen molar-refractivity contribution in [3.05, 3.63) is 0 Å². The standard InChI is InChI=1S/C16H32BrClOSi/c1-14(2,3)20(6,7)19-12-15(4)9-8-13(10-18)16(15,5)11-17/h13H,8-12H2,1-7H3. The summed E-state index contributed by atoms with van der Waals surface area (Å²) < 4.78 is 6.55. The van der Waals surface area contributed by atoms with E-state index in [-0.39, 0.29) is 15.9 Å². The Morgan fingerprint density at radius 2 is 1.85 bits per heavy atom. The molecule has 1 saturated carbocycles. The van der Waals surface area contributed by atoms with Crippen molar-refractivity contribution in [2.45, 2.75) is 65.6 Å². The van der Waals surface area contributed by atoms with Crippen LogP contribution < -0.4 is 0 Å². The molecule has 0 spiro atoms. The van der Waals surface area contributed by atoms with Crippen molar-refractivity contribution in [2.75, 3.05) is 17.8 Å². The van der Waals surface area contributed by atoms with Gasteiger partial charge in [-0.1, -0.05) is 50.5 Å². The Balaban J connectivity index is 2.86. The highest BCUT2D eigenvalue weighted by Crippen LogP contribution is 2.58. The Labute approximate surface area is 140 Å². The molecule has 3 unspecified atom stereocenters. The Bertz CT molecular complexity index is 342. The van der Waals surface area contributed by atoms with Crippen LogP contribution in [0.2, 0.25) is 18.1 Å². The van der Waals surface area contributed by atoms with E-state index in [4.69, 9.17) is 16.0 Å². The van der Waals surface area contributed by atoms with Gasteiger partial charge < -0.3 is 4.43 Å². The Hall–Kier alpha value is 0.947. The summed E-state index contributed by atoms with van der Waals surface area (Å²) in [6, 6.07) is 0. The zero-order valence-electron chi connectivity index (χ0n) is 14.3. The van der Waals surface area contributed by atoms with E-state index < -0.39 is 8.32 Å². The van der Waals surface area contributed by atoms with Gasteiger partial charge in [-0.25, -0.2) is 0 Å². The van der Waals surface area contributed by atoms with Crippen LogP contribution in [0.15, 0.2) is 0 Å². The second kappa shape index (κ2) is 6.21. The van der Waals surface area contributed by atoms with Gasteiger partial charge in [-0.05, 0) is 47.7 Å². The second-order valence-electron chi connectivity index (χ2n) is 8.55. The molecule has 1 fully saturated rings. The van der Waals surface area contributed by atoms with Crippen LogP contribution in [0, 0.1) is 16.7 Å². The minimum atomic E-state index is -1.68. The van der Waals surface area contributed by atoms with Crippen molar-refractivity contribution >= 4 is 35.8 Å². The van der Waals surface area contributed by atoms with Gasteiger partial charge in [-0.3, -0.25) is 0 Å². The lowest BCUT2D eigenvalue weighted by Crippen LogP contribution is -2.48. The number of hydrogen-bond acceptors (Lipinski definition) is 1. The van der Waals surface area contributed by atoms with Gasteiger partial charge in [0, 0.05) is 17.8 Å². The van der Waals surface area contributed by atoms with Crippen molar-refractivity contribution in [1.29, 1.82) is 0 Å². The predicted molar refractivity (Wildman–Crippen MR) is 96.6 cm³/mol. The first-order chi connectivity index (χ1) is 8.93. The molecule has 0 saturated heterocycles. The Kier molecular flexibility index (Phi) is 5.90. The second-order valence-corrected chi connectivity index (χ2v) is 14.2. The van der Waals surface area contributed by atoms with Crippen LogP contribution in [0.1, 0.15) is 47.5 Å². The average molecular weight is 384 g/mol. The quantitative estimate of drug-likeness (QED) is 0.414. The van der Waals surface area contributed by atoms with E-state index in [1.54, 1.807) is 0 Å². The molecule has 20 heavy (non-hydrogen) atoms. The summed E-state index contributed by atoms with van der Waals surface area (Å²) in [5, 5.41) is 1.29. The Morgan fingerprint density at radius 3 is 2.25 bits per heavy atom. The molecule has 0 aromatic heterocycles. The fourth-order valence-electron chi connectivity index (χ4n) is 2.90. The van der Waals surface area contributed by atoms with Crippen LogP contribution in [0.25, 0.3) is 0 Å². The summed E-state index contributed by atoms with van der Waals surface area (Å²) in [5.74, 6) is 1.36. The monoisotopic (exact) mass is 382 g/mol. The zero-order valence-corrected chi connectivity index (χ0v) is 17.6. The van der Waals surface area contributed by atoms with Gasteiger partial charge in [0.15, 0.2) is 8.32 Å². The van der Waals surface area contributed by atoms with E-state index in [1.165, 1.54) is 12.8 Å². The van der Waals surface area contributed by atoms with Gasteiger partial charge in [-0.15, -0.1) is 11.6 Å². The normalized spacial score (nSPS) is 35.5. The summed E-state index contributed by atoms with van der Waals surface area (Å²) in [6.45, 7) is 17.3. The van der Waals surface area contributed by atoms with Crippen LogP contribution >= 0.6 is 27.5 Å². The highest BCUT2D eigenvalue weighted by atomic mass is 79.9. The first-order valence-electron chi connectivity index (χ1n) is 7.69. The third kappa shape index (κ3) is 3.31. The molecule has 120 valence electrons. The fourth-order valence-corrected chi connectivity index (χ4v) is 5.64. The predicted octanol–water partition coefficient (Wildman–Crippen LogP) is 6.06. The summed E-state index contributed by atoms with van der Waals surface area (Å²) >= 11 is 9.95. The molecule has 0 aliphatic heterocycles. The van der Waals surface area contributed by atoms with Gasteiger partial charge >= 0.3 is 0 Å². The highest BCUT2D eigenvalue weighted by Gasteiger charge is 2.54. The summed E-state index contributed by atoms with van der Waals surface area (Å²) in [6.07, 6.45) is 2.45. The lowest BCUT2D eigenvalue weighted by Gasteiger charge is -2.46. The third-order valence-electron chi connectivity index (χ3n) is 6.35. The molecule has 4 heteroatoms.